The number of nitrogens with zero attached hydrogens (tertiary/aromatic N) is 5. The van der Waals surface area contributed by atoms with Crippen molar-refractivity contribution >= 4 is 0 Å². The molecule has 1 saturated heterocycles. The molecule has 0 aliphatic carbocycles. The highest BCUT2D eigenvalue weighted by Gasteiger charge is 2.29. The van der Waals surface area contributed by atoms with Gasteiger partial charge in [0.1, 0.15) is 5.82 Å². The fraction of sp³-hybridized carbons (Fsp3) is 0.412. The summed E-state index contributed by atoms with van der Waals surface area (Å²) in [6.45, 7) is 3.23. The Morgan fingerprint density at radius 1 is 1.12 bits per heavy atom. The van der Waals surface area contributed by atoms with Gasteiger partial charge in [0, 0.05) is 5.56 Å². The average Bonchev–Trinajstić information content (AvgIpc) is 3.25. The van der Waals surface area contributed by atoms with Gasteiger partial charge in [-0.2, -0.15) is 9.97 Å². The van der Waals surface area contributed by atoms with Gasteiger partial charge in [0.15, 0.2) is 5.82 Å². The van der Waals surface area contributed by atoms with Crippen LogP contribution in [0.5, 0.6) is 0 Å². The summed E-state index contributed by atoms with van der Waals surface area (Å²) in [4.78, 5) is 11.0. The van der Waals surface area contributed by atoms with Gasteiger partial charge in [0.05, 0.1) is 12.6 Å². The Morgan fingerprint density at radius 3 is 2.72 bits per heavy atom. The van der Waals surface area contributed by atoms with Gasteiger partial charge in [-0.05, 0) is 50.6 Å². The third-order valence-electron chi connectivity index (χ3n) is 4.35. The second-order valence-corrected chi connectivity index (χ2v) is 6.18. The van der Waals surface area contributed by atoms with Crippen LogP contribution in [0.2, 0.25) is 0 Å². The van der Waals surface area contributed by atoms with Gasteiger partial charge in [0.25, 0.3) is 0 Å². The summed E-state index contributed by atoms with van der Waals surface area (Å²) in [7, 11) is 0. The number of halogens is 1. The number of hydrogen-bond acceptors (Lipinski definition) is 7. The fourth-order valence-electron chi connectivity index (χ4n) is 3.12. The molecule has 0 saturated carbocycles. The monoisotopic (exact) mass is 343 g/mol. The summed E-state index contributed by atoms with van der Waals surface area (Å²) in [5.74, 6) is 1.95. The Bertz CT molecular complexity index is 845. The lowest BCUT2D eigenvalue weighted by Crippen LogP contribution is -2.33. The molecular formula is C17H18FN5O2. The molecule has 0 spiro atoms. The van der Waals surface area contributed by atoms with Crippen molar-refractivity contribution in [2.75, 3.05) is 6.54 Å². The maximum Gasteiger partial charge on any atom is 0.243 e. The molecule has 1 aliphatic rings. The van der Waals surface area contributed by atoms with Crippen molar-refractivity contribution in [3.05, 3.63) is 47.7 Å². The van der Waals surface area contributed by atoms with Crippen LogP contribution >= 0.6 is 0 Å². The first-order valence-electron chi connectivity index (χ1n) is 8.32. The lowest BCUT2D eigenvalue weighted by atomic mass is 10.0. The molecule has 3 aromatic rings. The molecule has 0 radical (unpaired) electrons. The first-order valence-corrected chi connectivity index (χ1v) is 8.32. The van der Waals surface area contributed by atoms with Crippen LogP contribution in [0, 0.1) is 12.7 Å². The number of aryl methyl sites for hydroxylation is 1. The van der Waals surface area contributed by atoms with Crippen LogP contribution in [-0.4, -0.2) is 31.7 Å². The van der Waals surface area contributed by atoms with E-state index in [1.807, 2.05) is 6.92 Å². The first-order chi connectivity index (χ1) is 12.2. The number of rotatable bonds is 4. The van der Waals surface area contributed by atoms with E-state index in [0.717, 1.165) is 31.4 Å². The molecule has 0 bridgehead atoms. The molecule has 3 heterocycles. The molecule has 130 valence electrons. The predicted octanol–water partition coefficient (Wildman–Crippen LogP) is 3.29. The van der Waals surface area contributed by atoms with Crippen LogP contribution in [0.4, 0.5) is 4.39 Å². The van der Waals surface area contributed by atoms with Gasteiger partial charge in [0.2, 0.25) is 17.6 Å². The third-order valence-corrected chi connectivity index (χ3v) is 4.35. The van der Waals surface area contributed by atoms with Crippen LogP contribution in [0.25, 0.3) is 11.4 Å². The Morgan fingerprint density at radius 2 is 1.96 bits per heavy atom. The standard InChI is InChI=1S/C17H18FN5O2/c1-11-19-17(25-21-11)14-4-2-3-9-23(14)10-15-20-16(22-24-15)12-5-7-13(18)8-6-12/h5-8,14H,2-4,9-10H2,1H3/t14-/m0/s1. The Hall–Kier alpha value is -2.61. The van der Waals surface area contributed by atoms with Crippen LogP contribution in [-0.2, 0) is 6.54 Å². The molecular weight excluding hydrogens is 325 g/mol. The SMILES string of the molecule is Cc1noc([C@@H]2CCCCN2Cc2nc(-c3ccc(F)cc3)no2)n1. The van der Waals surface area contributed by atoms with Crippen molar-refractivity contribution in [2.24, 2.45) is 0 Å². The minimum Gasteiger partial charge on any atom is -0.338 e. The van der Waals surface area contributed by atoms with E-state index in [9.17, 15) is 4.39 Å². The molecule has 0 N–H and O–H groups in total. The van der Waals surface area contributed by atoms with Crippen LogP contribution in [0.1, 0.15) is 42.9 Å². The van der Waals surface area contributed by atoms with Gasteiger partial charge in [-0.25, -0.2) is 4.39 Å². The molecule has 1 atom stereocenters. The van der Waals surface area contributed by atoms with E-state index < -0.39 is 0 Å². The normalized spacial score (nSPS) is 18.6. The fourth-order valence-corrected chi connectivity index (χ4v) is 3.12. The third kappa shape index (κ3) is 3.43. The molecule has 1 aromatic carbocycles. The summed E-state index contributed by atoms with van der Waals surface area (Å²) in [6.07, 6.45) is 3.18. The molecule has 2 aromatic heterocycles. The average molecular weight is 343 g/mol. The predicted molar refractivity (Wildman–Crippen MR) is 85.7 cm³/mol. The van der Waals surface area contributed by atoms with Crippen molar-refractivity contribution in [3.8, 4) is 11.4 Å². The lowest BCUT2D eigenvalue weighted by Gasteiger charge is -2.31. The van der Waals surface area contributed by atoms with Crippen LogP contribution in [0.15, 0.2) is 33.3 Å². The molecule has 8 heteroatoms. The highest BCUT2D eigenvalue weighted by Crippen LogP contribution is 2.31. The Balaban J connectivity index is 1.51. The number of piperidine rings is 1. The maximum atomic E-state index is 13.0. The summed E-state index contributed by atoms with van der Waals surface area (Å²) in [6, 6.07) is 6.09. The summed E-state index contributed by atoms with van der Waals surface area (Å²) in [5.41, 5.74) is 0.721. The van der Waals surface area contributed by atoms with Crippen molar-refractivity contribution < 1.29 is 13.4 Å². The second-order valence-electron chi connectivity index (χ2n) is 6.18. The Kier molecular flexibility index (Phi) is 4.27. The van der Waals surface area contributed by atoms with E-state index in [4.69, 9.17) is 9.05 Å². The number of aromatic nitrogens is 4. The van der Waals surface area contributed by atoms with E-state index in [2.05, 4.69) is 25.2 Å². The van der Waals surface area contributed by atoms with Crippen molar-refractivity contribution in [1.29, 1.82) is 0 Å². The molecule has 4 rings (SSSR count). The van der Waals surface area contributed by atoms with Crippen molar-refractivity contribution in [1.82, 2.24) is 25.2 Å². The molecule has 25 heavy (non-hydrogen) atoms. The summed E-state index contributed by atoms with van der Waals surface area (Å²) >= 11 is 0. The van der Waals surface area contributed by atoms with E-state index in [1.165, 1.54) is 12.1 Å². The van der Waals surface area contributed by atoms with Crippen molar-refractivity contribution in [3.63, 3.8) is 0 Å². The van der Waals surface area contributed by atoms with Crippen molar-refractivity contribution in [2.45, 2.75) is 38.8 Å². The lowest BCUT2D eigenvalue weighted by molar-refractivity contribution is 0.0986. The highest BCUT2D eigenvalue weighted by molar-refractivity contribution is 5.53. The second kappa shape index (κ2) is 6.72. The van der Waals surface area contributed by atoms with E-state index in [0.29, 0.717) is 30.0 Å². The van der Waals surface area contributed by atoms with Crippen LogP contribution in [0.3, 0.4) is 0 Å². The molecule has 1 aliphatic heterocycles. The van der Waals surface area contributed by atoms with Gasteiger partial charge in [-0.3, -0.25) is 4.90 Å². The molecule has 0 amide bonds. The largest absolute Gasteiger partial charge is 0.338 e. The maximum absolute atomic E-state index is 13.0. The van der Waals surface area contributed by atoms with Gasteiger partial charge >= 0.3 is 0 Å². The zero-order valence-electron chi connectivity index (χ0n) is 13.9. The quantitative estimate of drug-likeness (QED) is 0.719. The zero-order valence-corrected chi connectivity index (χ0v) is 13.9. The van der Waals surface area contributed by atoms with Gasteiger partial charge < -0.3 is 9.05 Å². The number of hydrogen-bond donors (Lipinski definition) is 0. The highest BCUT2D eigenvalue weighted by atomic mass is 19.1. The smallest absolute Gasteiger partial charge is 0.243 e. The molecule has 7 nitrogen and oxygen atoms in total. The van der Waals surface area contributed by atoms with E-state index >= 15 is 0 Å². The van der Waals surface area contributed by atoms with Gasteiger partial charge in [-0.1, -0.05) is 16.7 Å². The van der Waals surface area contributed by atoms with E-state index in [-0.39, 0.29) is 11.9 Å². The van der Waals surface area contributed by atoms with Gasteiger partial charge in [-0.15, -0.1) is 0 Å². The Labute approximate surface area is 143 Å². The topological polar surface area (TPSA) is 81.1 Å². The summed E-state index contributed by atoms with van der Waals surface area (Å²) in [5, 5.41) is 7.89. The summed E-state index contributed by atoms with van der Waals surface area (Å²) < 4.78 is 23.8. The molecule has 1 fully saturated rings. The van der Waals surface area contributed by atoms with Crippen LogP contribution < -0.4 is 0 Å². The number of likely N-dealkylation sites (tertiary alicyclic amines) is 1. The first kappa shape index (κ1) is 15.9. The molecule has 0 unspecified atom stereocenters. The van der Waals surface area contributed by atoms with E-state index in [1.54, 1.807) is 12.1 Å². The minimum atomic E-state index is -0.293. The number of benzene rings is 1. The zero-order chi connectivity index (χ0) is 17.2. The minimum absolute atomic E-state index is 0.0659.